The lowest BCUT2D eigenvalue weighted by molar-refractivity contribution is 0.0272. The summed E-state index contributed by atoms with van der Waals surface area (Å²) in [6, 6.07) is 1.51. The van der Waals surface area contributed by atoms with E-state index >= 15 is 0 Å². The van der Waals surface area contributed by atoms with Crippen molar-refractivity contribution < 1.29 is 14.1 Å². The number of carbonyl (C=O) groups is 1. The van der Waals surface area contributed by atoms with E-state index < -0.39 is 5.97 Å². The van der Waals surface area contributed by atoms with Crippen LogP contribution in [0.1, 0.15) is 36.2 Å². The molecule has 1 heterocycles. The van der Waals surface area contributed by atoms with Crippen LogP contribution in [0.5, 0.6) is 0 Å². The second-order valence-corrected chi connectivity index (χ2v) is 3.19. The summed E-state index contributed by atoms with van der Waals surface area (Å²) in [6.07, 6.45) is 5.76. The molecule has 1 aliphatic carbocycles. The van der Waals surface area contributed by atoms with E-state index in [4.69, 9.17) is 4.74 Å². The molecule has 0 saturated heterocycles. The van der Waals surface area contributed by atoms with E-state index in [-0.39, 0.29) is 11.9 Å². The zero-order chi connectivity index (χ0) is 9.10. The van der Waals surface area contributed by atoms with Gasteiger partial charge in [0.25, 0.3) is 0 Å². The van der Waals surface area contributed by atoms with Gasteiger partial charge in [0.15, 0.2) is 0 Å². The maximum atomic E-state index is 11.3. The van der Waals surface area contributed by atoms with Crippen molar-refractivity contribution >= 4 is 5.97 Å². The molecule has 13 heavy (non-hydrogen) atoms. The maximum Gasteiger partial charge on any atom is 0.377 e. The molecule has 2 rings (SSSR count). The van der Waals surface area contributed by atoms with Crippen LogP contribution in [0, 0.1) is 0 Å². The number of hydrogen-bond donors (Lipinski definition) is 0. The first-order valence-corrected chi connectivity index (χ1v) is 4.48. The van der Waals surface area contributed by atoms with E-state index in [0.717, 1.165) is 25.7 Å². The van der Waals surface area contributed by atoms with Crippen molar-refractivity contribution in [2.75, 3.05) is 0 Å². The minimum atomic E-state index is -0.399. The fraction of sp³-hybridized carbons (Fsp3) is 0.556. The van der Waals surface area contributed by atoms with E-state index in [1.807, 2.05) is 0 Å². The monoisotopic (exact) mass is 181 g/mol. The van der Waals surface area contributed by atoms with Gasteiger partial charge in [-0.3, -0.25) is 0 Å². The summed E-state index contributed by atoms with van der Waals surface area (Å²) in [4.78, 5) is 11.3. The van der Waals surface area contributed by atoms with E-state index in [0.29, 0.717) is 0 Å². The van der Waals surface area contributed by atoms with Crippen LogP contribution in [-0.2, 0) is 4.74 Å². The lowest BCUT2D eigenvalue weighted by atomic mass is 10.3. The number of aromatic nitrogens is 1. The summed E-state index contributed by atoms with van der Waals surface area (Å²) in [5, 5.41) is 3.44. The summed E-state index contributed by atoms with van der Waals surface area (Å²) in [6.45, 7) is 0. The van der Waals surface area contributed by atoms with Gasteiger partial charge in [-0.2, -0.15) is 0 Å². The zero-order valence-electron chi connectivity index (χ0n) is 7.23. The lowest BCUT2D eigenvalue weighted by Gasteiger charge is -2.08. The van der Waals surface area contributed by atoms with Gasteiger partial charge in [-0.15, -0.1) is 0 Å². The molecule has 0 N–H and O–H groups in total. The third-order valence-electron chi connectivity index (χ3n) is 2.21. The molecule has 0 aliphatic heterocycles. The number of esters is 1. The van der Waals surface area contributed by atoms with Gasteiger partial charge >= 0.3 is 5.97 Å². The Kier molecular flexibility index (Phi) is 2.29. The molecule has 0 radical (unpaired) electrons. The van der Waals surface area contributed by atoms with Gasteiger partial charge in [-0.25, -0.2) is 4.79 Å². The first-order valence-electron chi connectivity index (χ1n) is 4.48. The van der Waals surface area contributed by atoms with Crippen LogP contribution >= 0.6 is 0 Å². The van der Waals surface area contributed by atoms with Crippen LogP contribution < -0.4 is 0 Å². The molecule has 0 spiro atoms. The largest absolute Gasteiger partial charge is 0.456 e. The third-order valence-corrected chi connectivity index (χ3v) is 2.21. The maximum absolute atomic E-state index is 11.3. The molecule has 0 aromatic carbocycles. The molecule has 1 fully saturated rings. The average Bonchev–Trinajstić information content (AvgIpc) is 2.74. The SMILES string of the molecule is O=C(OC1CCCC1)c1ccno1. The summed E-state index contributed by atoms with van der Waals surface area (Å²) in [5.74, 6) is -0.212. The van der Waals surface area contributed by atoms with Gasteiger partial charge in [-0.05, 0) is 25.7 Å². The molecule has 70 valence electrons. The topological polar surface area (TPSA) is 52.3 Å². The molecule has 0 atom stereocenters. The first kappa shape index (κ1) is 8.29. The summed E-state index contributed by atoms with van der Waals surface area (Å²) >= 11 is 0. The average molecular weight is 181 g/mol. The first-order chi connectivity index (χ1) is 6.36. The van der Waals surface area contributed by atoms with Gasteiger partial charge in [0, 0.05) is 6.07 Å². The highest BCUT2D eigenvalue weighted by molar-refractivity contribution is 5.86. The lowest BCUT2D eigenvalue weighted by Crippen LogP contribution is -2.14. The second kappa shape index (κ2) is 3.60. The van der Waals surface area contributed by atoms with Gasteiger partial charge in [0.1, 0.15) is 6.10 Å². The Balaban J connectivity index is 1.91. The number of ether oxygens (including phenoxy) is 1. The van der Waals surface area contributed by atoms with Crippen LogP contribution in [0.3, 0.4) is 0 Å². The fourth-order valence-corrected chi connectivity index (χ4v) is 1.54. The van der Waals surface area contributed by atoms with Crippen LogP contribution in [-0.4, -0.2) is 17.2 Å². The van der Waals surface area contributed by atoms with E-state index in [2.05, 4.69) is 9.68 Å². The zero-order valence-corrected chi connectivity index (χ0v) is 7.23. The molecule has 0 amide bonds. The number of carbonyl (C=O) groups excluding carboxylic acids is 1. The quantitative estimate of drug-likeness (QED) is 0.652. The Labute approximate surface area is 75.9 Å². The van der Waals surface area contributed by atoms with E-state index in [1.165, 1.54) is 12.3 Å². The predicted molar refractivity (Wildman–Crippen MR) is 44.2 cm³/mol. The minimum Gasteiger partial charge on any atom is -0.456 e. The Morgan fingerprint density at radius 2 is 2.31 bits per heavy atom. The van der Waals surface area contributed by atoms with E-state index in [1.54, 1.807) is 0 Å². The van der Waals surface area contributed by atoms with Gasteiger partial charge in [-0.1, -0.05) is 5.16 Å². The molecule has 0 unspecified atom stereocenters. The van der Waals surface area contributed by atoms with Gasteiger partial charge in [0.05, 0.1) is 6.20 Å². The molecule has 0 bridgehead atoms. The van der Waals surface area contributed by atoms with Crippen LogP contribution in [0.2, 0.25) is 0 Å². The minimum absolute atomic E-state index is 0.0811. The molecular formula is C9H11NO3. The van der Waals surface area contributed by atoms with Crippen molar-refractivity contribution in [3.63, 3.8) is 0 Å². The molecule has 1 aromatic rings. The summed E-state index contributed by atoms with van der Waals surface area (Å²) < 4.78 is 9.86. The van der Waals surface area contributed by atoms with Gasteiger partial charge < -0.3 is 9.26 Å². The normalized spacial score (nSPS) is 17.5. The van der Waals surface area contributed by atoms with Crippen LogP contribution in [0.4, 0.5) is 0 Å². The molecule has 1 aromatic heterocycles. The van der Waals surface area contributed by atoms with Crippen molar-refractivity contribution in [1.82, 2.24) is 5.16 Å². The Bertz CT molecular complexity index is 275. The van der Waals surface area contributed by atoms with Gasteiger partial charge in [0.2, 0.25) is 5.76 Å². The van der Waals surface area contributed by atoms with Crippen molar-refractivity contribution in [3.8, 4) is 0 Å². The number of rotatable bonds is 2. The molecule has 1 aliphatic rings. The third kappa shape index (κ3) is 1.88. The fourth-order valence-electron chi connectivity index (χ4n) is 1.54. The number of nitrogens with zero attached hydrogens (tertiary/aromatic N) is 1. The van der Waals surface area contributed by atoms with Crippen molar-refractivity contribution in [2.24, 2.45) is 0 Å². The Morgan fingerprint density at radius 1 is 1.54 bits per heavy atom. The molecule has 4 nitrogen and oxygen atoms in total. The highest BCUT2D eigenvalue weighted by Gasteiger charge is 2.21. The smallest absolute Gasteiger partial charge is 0.377 e. The Hall–Kier alpha value is -1.32. The molecular weight excluding hydrogens is 170 g/mol. The van der Waals surface area contributed by atoms with Crippen LogP contribution in [0.15, 0.2) is 16.8 Å². The molecule has 4 heteroatoms. The van der Waals surface area contributed by atoms with Crippen molar-refractivity contribution in [2.45, 2.75) is 31.8 Å². The standard InChI is InChI=1S/C9H11NO3/c11-9(8-5-6-10-13-8)12-7-3-1-2-4-7/h5-7H,1-4H2. The van der Waals surface area contributed by atoms with E-state index in [9.17, 15) is 4.79 Å². The molecule has 1 saturated carbocycles. The van der Waals surface area contributed by atoms with Crippen molar-refractivity contribution in [3.05, 3.63) is 18.0 Å². The summed E-state index contributed by atoms with van der Waals surface area (Å²) in [5.41, 5.74) is 0. The predicted octanol–water partition coefficient (Wildman–Crippen LogP) is 1.77. The highest BCUT2D eigenvalue weighted by atomic mass is 16.6. The Morgan fingerprint density at radius 3 is 2.92 bits per heavy atom. The van der Waals surface area contributed by atoms with Crippen LogP contribution in [0.25, 0.3) is 0 Å². The highest BCUT2D eigenvalue weighted by Crippen LogP contribution is 2.21. The van der Waals surface area contributed by atoms with Crippen molar-refractivity contribution in [1.29, 1.82) is 0 Å². The number of hydrogen-bond acceptors (Lipinski definition) is 4. The second-order valence-electron chi connectivity index (χ2n) is 3.19. The summed E-state index contributed by atoms with van der Waals surface area (Å²) in [7, 11) is 0.